The van der Waals surface area contributed by atoms with Crippen molar-refractivity contribution >= 4 is 10.9 Å². The lowest BCUT2D eigenvalue weighted by Gasteiger charge is -2.12. The zero-order chi connectivity index (χ0) is 23.7. The van der Waals surface area contributed by atoms with Crippen LogP contribution in [0.3, 0.4) is 0 Å². The van der Waals surface area contributed by atoms with E-state index >= 15 is 0 Å². The van der Waals surface area contributed by atoms with Crippen molar-refractivity contribution in [2.45, 2.75) is 51.5 Å². The van der Waals surface area contributed by atoms with Crippen LogP contribution in [0, 0.1) is 13.8 Å². The predicted molar refractivity (Wildman–Crippen MR) is 133 cm³/mol. The van der Waals surface area contributed by atoms with Crippen LogP contribution < -0.4 is 5.56 Å². The van der Waals surface area contributed by atoms with Gasteiger partial charge in [-0.1, -0.05) is 6.07 Å². The van der Waals surface area contributed by atoms with Gasteiger partial charge in [-0.05, 0) is 69.4 Å². The third-order valence-electron chi connectivity index (χ3n) is 7.06. The van der Waals surface area contributed by atoms with Gasteiger partial charge in [-0.15, -0.1) is 0 Å². The van der Waals surface area contributed by atoms with Gasteiger partial charge in [0.15, 0.2) is 5.82 Å². The molecule has 0 atom stereocenters. The van der Waals surface area contributed by atoms with Crippen molar-refractivity contribution in [3.63, 3.8) is 0 Å². The molecule has 0 unspecified atom stereocenters. The molecule has 8 nitrogen and oxygen atoms in total. The largest absolute Gasteiger partial charge is 0.324 e. The molecule has 0 radical (unpaired) electrons. The lowest BCUT2D eigenvalue weighted by atomic mass is 10.1. The van der Waals surface area contributed by atoms with Gasteiger partial charge in [0, 0.05) is 30.0 Å². The Morgan fingerprint density at radius 2 is 1.83 bits per heavy atom. The molecule has 2 aliphatic carbocycles. The van der Waals surface area contributed by atoms with Crippen LogP contribution in [0.1, 0.15) is 54.6 Å². The van der Waals surface area contributed by atoms with E-state index in [2.05, 4.69) is 32.6 Å². The summed E-state index contributed by atoms with van der Waals surface area (Å²) in [6.45, 7) is 4.11. The lowest BCUT2D eigenvalue weighted by molar-refractivity contribution is 0.723. The summed E-state index contributed by atoms with van der Waals surface area (Å²) in [4.78, 5) is 32.2. The minimum atomic E-state index is -0.148. The maximum atomic E-state index is 13.6. The van der Waals surface area contributed by atoms with Crippen LogP contribution in [-0.4, -0.2) is 33.6 Å². The number of nitrogens with zero attached hydrogens (tertiary/aromatic N) is 7. The van der Waals surface area contributed by atoms with Crippen molar-refractivity contribution in [2.24, 2.45) is 0 Å². The van der Waals surface area contributed by atoms with Crippen molar-refractivity contribution in [3.8, 4) is 23.0 Å². The Morgan fingerprint density at radius 1 is 0.971 bits per heavy atom. The number of fused-ring (bicyclic) bond motifs is 1. The number of rotatable bonds is 5. The molecular formula is C27H25N7O. The molecule has 0 N–H and O–H groups in total. The van der Waals surface area contributed by atoms with E-state index in [4.69, 9.17) is 4.98 Å². The summed E-state index contributed by atoms with van der Waals surface area (Å²) >= 11 is 0. The molecule has 1 aromatic carbocycles. The summed E-state index contributed by atoms with van der Waals surface area (Å²) in [5.41, 5.74) is 5.52. The topological polar surface area (TPSA) is 83.4 Å². The Balaban J connectivity index is 1.33. The first-order valence-corrected chi connectivity index (χ1v) is 12.1. The fourth-order valence-corrected chi connectivity index (χ4v) is 4.87. The Labute approximate surface area is 202 Å². The summed E-state index contributed by atoms with van der Waals surface area (Å²) in [7, 11) is 0. The highest BCUT2D eigenvalue weighted by Gasteiger charge is 2.28. The quantitative estimate of drug-likeness (QED) is 0.379. The first kappa shape index (κ1) is 20.3. The highest BCUT2D eigenvalue weighted by atomic mass is 16.1. The number of benzene rings is 1. The second-order valence-corrected chi connectivity index (χ2v) is 9.76. The average Bonchev–Trinajstić information content (AvgIpc) is 3.80. The number of imidazole rings is 2. The van der Waals surface area contributed by atoms with Gasteiger partial charge >= 0.3 is 0 Å². The zero-order valence-corrected chi connectivity index (χ0v) is 19.7. The van der Waals surface area contributed by atoms with Crippen molar-refractivity contribution in [2.75, 3.05) is 0 Å². The monoisotopic (exact) mass is 463 g/mol. The molecule has 0 amide bonds. The molecule has 0 aliphatic heterocycles. The summed E-state index contributed by atoms with van der Waals surface area (Å²) in [5.74, 6) is 1.96. The van der Waals surface area contributed by atoms with E-state index in [0.717, 1.165) is 34.2 Å². The fraction of sp³-hybridized carbons (Fsp3) is 0.296. The highest BCUT2D eigenvalue weighted by Crippen LogP contribution is 2.40. The third-order valence-corrected chi connectivity index (χ3v) is 7.06. The summed E-state index contributed by atoms with van der Waals surface area (Å²) < 4.78 is 5.79. The predicted octanol–water partition coefficient (Wildman–Crippen LogP) is 4.66. The van der Waals surface area contributed by atoms with Gasteiger partial charge in [-0.25, -0.2) is 19.9 Å². The number of pyridine rings is 1. The van der Waals surface area contributed by atoms with Gasteiger partial charge in [0.25, 0.3) is 5.56 Å². The van der Waals surface area contributed by atoms with Crippen LogP contribution in [0.4, 0.5) is 0 Å². The minimum absolute atomic E-state index is 0.148. The Kier molecular flexibility index (Phi) is 4.33. The first-order valence-electron chi connectivity index (χ1n) is 12.1. The van der Waals surface area contributed by atoms with Crippen LogP contribution in [0.5, 0.6) is 0 Å². The van der Waals surface area contributed by atoms with Crippen LogP contribution in [-0.2, 0) is 0 Å². The smallest absolute Gasteiger partial charge is 0.267 e. The van der Waals surface area contributed by atoms with Gasteiger partial charge in [0.2, 0.25) is 0 Å². The van der Waals surface area contributed by atoms with Crippen LogP contribution in [0.2, 0.25) is 0 Å². The molecule has 7 rings (SSSR count). The maximum Gasteiger partial charge on any atom is 0.267 e. The molecule has 0 spiro atoms. The van der Waals surface area contributed by atoms with Crippen molar-refractivity contribution < 1.29 is 0 Å². The standard InChI is InChI=1S/C27H25N7O/c1-16-10-22-20(11-24(16)32-13-23(29-14-32)18-6-7-18)27(35)33(15-30-22)25-5-3-4-21(31-25)26-28-12-17(2)34(26)19-8-9-19/h3-5,10-15,18-19H,6-9H2,1-2H3. The van der Waals surface area contributed by atoms with Crippen LogP contribution >= 0.6 is 0 Å². The van der Waals surface area contributed by atoms with Crippen molar-refractivity contribution in [1.29, 1.82) is 0 Å². The minimum Gasteiger partial charge on any atom is -0.324 e. The van der Waals surface area contributed by atoms with E-state index in [1.54, 1.807) is 6.33 Å². The van der Waals surface area contributed by atoms with E-state index in [-0.39, 0.29) is 5.56 Å². The summed E-state index contributed by atoms with van der Waals surface area (Å²) in [6, 6.07) is 10.1. The Hall–Kier alpha value is -4.07. The Morgan fingerprint density at radius 3 is 2.63 bits per heavy atom. The third kappa shape index (κ3) is 3.39. The number of aromatic nitrogens is 7. The molecule has 4 heterocycles. The molecule has 5 aromatic rings. The fourth-order valence-electron chi connectivity index (χ4n) is 4.87. The van der Waals surface area contributed by atoms with Crippen molar-refractivity contribution in [3.05, 3.63) is 82.7 Å². The number of aryl methyl sites for hydroxylation is 2. The summed E-state index contributed by atoms with van der Waals surface area (Å²) in [5, 5.41) is 0.553. The van der Waals surface area contributed by atoms with E-state index in [1.165, 1.54) is 30.3 Å². The molecule has 35 heavy (non-hydrogen) atoms. The number of hydrogen-bond donors (Lipinski definition) is 0. The van der Waals surface area contributed by atoms with Crippen LogP contribution in [0.25, 0.3) is 33.9 Å². The second-order valence-electron chi connectivity index (χ2n) is 9.76. The Bertz CT molecular complexity index is 1670. The van der Waals surface area contributed by atoms with Crippen LogP contribution in [0.15, 0.2) is 60.2 Å². The van der Waals surface area contributed by atoms with Gasteiger partial charge in [0.1, 0.15) is 17.8 Å². The van der Waals surface area contributed by atoms with E-state index in [1.807, 2.05) is 54.3 Å². The molecule has 0 bridgehead atoms. The van der Waals surface area contributed by atoms with Gasteiger partial charge in [0.05, 0.1) is 28.6 Å². The average molecular weight is 464 g/mol. The van der Waals surface area contributed by atoms with E-state index in [0.29, 0.717) is 28.7 Å². The number of hydrogen-bond acceptors (Lipinski definition) is 5. The molecule has 8 heteroatoms. The molecule has 174 valence electrons. The second kappa shape index (κ2) is 7.46. The maximum absolute atomic E-state index is 13.6. The first-order chi connectivity index (χ1) is 17.1. The molecule has 4 aromatic heterocycles. The van der Waals surface area contributed by atoms with Crippen molar-refractivity contribution in [1.82, 2.24) is 33.6 Å². The van der Waals surface area contributed by atoms with Gasteiger partial charge < -0.3 is 9.13 Å². The van der Waals surface area contributed by atoms with E-state index in [9.17, 15) is 4.79 Å². The molecule has 0 saturated heterocycles. The molecule has 2 saturated carbocycles. The SMILES string of the molecule is Cc1cc2ncn(-c3cccc(-c4ncc(C)n4C4CC4)n3)c(=O)c2cc1-n1cnc(C2CC2)c1. The highest BCUT2D eigenvalue weighted by molar-refractivity contribution is 5.81. The zero-order valence-electron chi connectivity index (χ0n) is 19.7. The van der Waals surface area contributed by atoms with E-state index < -0.39 is 0 Å². The molecule has 2 aliphatic rings. The molecule has 2 fully saturated rings. The summed E-state index contributed by atoms with van der Waals surface area (Å²) in [6.07, 6.45) is 12.1. The normalized spacial score (nSPS) is 15.7. The van der Waals surface area contributed by atoms with Gasteiger partial charge in [-0.2, -0.15) is 0 Å². The molecular weight excluding hydrogens is 438 g/mol. The lowest BCUT2D eigenvalue weighted by Crippen LogP contribution is -2.20. The van der Waals surface area contributed by atoms with Gasteiger partial charge in [-0.3, -0.25) is 9.36 Å².